The summed E-state index contributed by atoms with van der Waals surface area (Å²) in [7, 11) is 2.00. The van der Waals surface area contributed by atoms with Crippen LogP contribution in [0.25, 0.3) is 11.4 Å². The highest BCUT2D eigenvalue weighted by molar-refractivity contribution is 5.55. The van der Waals surface area contributed by atoms with Crippen LogP contribution in [0.1, 0.15) is 35.8 Å². The lowest BCUT2D eigenvalue weighted by atomic mass is 10.0. The van der Waals surface area contributed by atoms with Gasteiger partial charge in [-0.25, -0.2) is 9.97 Å². The first-order valence-electron chi connectivity index (χ1n) is 8.51. The number of hydrogen-bond acceptors (Lipinski definition) is 6. The summed E-state index contributed by atoms with van der Waals surface area (Å²) in [6, 6.07) is 2.14. The van der Waals surface area contributed by atoms with Crippen LogP contribution in [0.15, 0.2) is 30.9 Å². The van der Waals surface area contributed by atoms with E-state index in [4.69, 9.17) is 4.98 Å². The van der Waals surface area contributed by atoms with Crippen LogP contribution < -0.4 is 4.90 Å². The van der Waals surface area contributed by atoms with E-state index in [0.29, 0.717) is 0 Å². The summed E-state index contributed by atoms with van der Waals surface area (Å²) in [5.74, 6) is 0.744. The van der Waals surface area contributed by atoms with Gasteiger partial charge in [-0.3, -0.25) is 14.6 Å². The number of aromatic nitrogens is 6. The molecule has 3 aromatic rings. The van der Waals surface area contributed by atoms with Gasteiger partial charge in [0.1, 0.15) is 5.69 Å². The van der Waals surface area contributed by atoms with Gasteiger partial charge >= 0.3 is 0 Å². The van der Waals surface area contributed by atoms with Crippen LogP contribution in [-0.4, -0.2) is 36.3 Å². The molecule has 1 saturated heterocycles. The SMILES string of the molecule is Cc1nn(C)c(C)c1C1CCCN1c1nccc(-c2cnccn2)n1. The standard InChI is InChI=1S/C18H21N7/c1-12-17(13(2)24(3)23-12)16-5-4-10-25(16)18-21-7-6-14(22-18)15-11-19-8-9-20-15/h6-9,11,16H,4-5,10H2,1-3H3. The average Bonchev–Trinajstić information content (AvgIpc) is 3.20. The topological polar surface area (TPSA) is 72.6 Å². The minimum Gasteiger partial charge on any atom is -0.334 e. The molecule has 4 rings (SSSR count). The predicted molar refractivity (Wildman–Crippen MR) is 95.1 cm³/mol. The zero-order valence-electron chi connectivity index (χ0n) is 14.7. The largest absolute Gasteiger partial charge is 0.334 e. The highest BCUT2D eigenvalue weighted by atomic mass is 15.3. The van der Waals surface area contributed by atoms with Gasteiger partial charge in [0.25, 0.3) is 0 Å². The van der Waals surface area contributed by atoms with Crippen LogP contribution in [0.2, 0.25) is 0 Å². The van der Waals surface area contributed by atoms with E-state index < -0.39 is 0 Å². The molecule has 1 aliphatic rings. The third kappa shape index (κ3) is 2.75. The Labute approximate surface area is 146 Å². The van der Waals surface area contributed by atoms with Gasteiger partial charge in [-0.15, -0.1) is 0 Å². The molecule has 25 heavy (non-hydrogen) atoms. The number of aryl methyl sites for hydroxylation is 2. The molecule has 0 amide bonds. The van der Waals surface area contributed by atoms with E-state index in [1.165, 1.54) is 11.3 Å². The maximum Gasteiger partial charge on any atom is 0.226 e. The Kier molecular flexibility index (Phi) is 3.91. The Hall–Kier alpha value is -2.83. The Bertz CT molecular complexity index is 888. The Morgan fingerprint density at radius 2 is 1.96 bits per heavy atom. The van der Waals surface area contributed by atoms with Crippen LogP contribution >= 0.6 is 0 Å². The van der Waals surface area contributed by atoms with E-state index in [-0.39, 0.29) is 6.04 Å². The molecule has 0 aromatic carbocycles. The molecule has 7 nitrogen and oxygen atoms in total. The summed E-state index contributed by atoms with van der Waals surface area (Å²) in [4.78, 5) is 20.0. The van der Waals surface area contributed by atoms with E-state index in [9.17, 15) is 0 Å². The second kappa shape index (κ2) is 6.23. The zero-order valence-corrected chi connectivity index (χ0v) is 14.7. The van der Waals surface area contributed by atoms with Crippen LogP contribution in [0.3, 0.4) is 0 Å². The van der Waals surface area contributed by atoms with Crippen molar-refractivity contribution in [3.63, 3.8) is 0 Å². The molecule has 0 bridgehead atoms. The van der Waals surface area contributed by atoms with Crippen molar-refractivity contribution in [1.82, 2.24) is 29.7 Å². The fraction of sp³-hybridized carbons (Fsp3) is 0.389. The maximum absolute atomic E-state index is 4.75. The smallest absolute Gasteiger partial charge is 0.226 e. The molecule has 0 radical (unpaired) electrons. The number of nitrogens with zero attached hydrogens (tertiary/aromatic N) is 7. The fourth-order valence-electron chi connectivity index (χ4n) is 3.64. The summed E-state index contributed by atoms with van der Waals surface area (Å²) in [6.45, 7) is 5.15. The number of rotatable bonds is 3. The van der Waals surface area contributed by atoms with Gasteiger partial charge in [0.05, 0.1) is 23.6 Å². The molecule has 1 unspecified atom stereocenters. The monoisotopic (exact) mass is 335 g/mol. The van der Waals surface area contributed by atoms with Gasteiger partial charge in [-0.2, -0.15) is 5.10 Å². The minimum absolute atomic E-state index is 0.269. The van der Waals surface area contributed by atoms with E-state index in [2.05, 4.69) is 38.8 Å². The first-order valence-corrected chi connectivity index (χ1v) is 8.51. The molecule has 1 atom stereocenters. The van der Waals surface area contributed by atoms with Gasteiger partial charge in [-0.05, 0) is 32.8 Å². The molecule has 3 aromatic heterocycles. The molecular weight excluding hydrogens is 314 g/mol. The molecule has 0 saturated carbocycles. The van der Waals surface area contributed by atoms with E-state index in [1.54, 1.807) is 24.8 Å². The van der Waals surface area contributed by atoms with Crippen LogP contribution in [-0.2, 0) is 7.05 Å². The van der Waals surface area contributed by atoms with Gasteiger partial charge in [0.15, 0.2) is 0 Å². The van der Waals surface area contributed by atoms with Gasteiger partial charge in [0.2, 0.25) is 5.95 Å². The van der Waals surface area contributed by atoms with Crippen molar-refractivity contribution in [2.75, 3.05) is 11.4 Å². The van der Waals surface area contributed by atoms with Crippen molar-refractivity contribution in [3.8, 4) is 11.4 Å². The molecule has 4 heterocycles. The first-order chi connectivity index (χ1) is 12.1. The third-order valence-electron chi connectivity index (χ3n) is 4.88. The van der Waals surface area contributed by atoms with Gasteiger partial charge < -0.3 is 4.90 Å². The lowest BCUT2D eigenvalue weighted by Gasteiger charge is -2.25. The molecule has 128 valence electrons. The van der Waals surface area contributed by atoms with Crippen molar-refractivity contribution >= 4 is 5.95 Å². The lowest BCUT2D eigenvalue weighted by Crippen LogP contribution is -2.25. The summed E-state index contributed by atoms with van der Waals surface area (Å²) in [6.07, 6.45) is 9.07. The van der Waals surface area contributed by atoms with Crippen molar-refractivity contribution in [3.05, 3.63) is 47.8 Å². The Balaban J connectivity index is 1.72. The summed E-state index contributed by atoms with van der Waals surface area (Å²) in [5.41, 5.74) is 5.15. The first kappa shape index (κ1) is 15.7. The van der Waals surface area contributed by atoms with Crippen molar-refractivity contribution in [2.24, 2.45) is 7.05 Å². The summed E-state index contributed by atoms with van der Waals surface area (Å²) < 4.78 is 1.96. The minimum atomic E-state index is 0.269. The van der Waals surface area contributed by atoms with Gasteiger partial charge in [0, 0.05) is 43.4 Å². The quantitative estimate of drug-likeness (QED) is 0.732. The van der Waals surface area contributed by atoms with Crippen molar-refractivity contribution in [1.29, 1.82) is 0 Å². The lowest BCUT2D eigenvalue weighted by molar-refractivity contribution is 0.686. The highest BCUT2D eigenvalue weighted by Crippen LogP contribution is 2.37. The van der Waals surface area contributed by atoms with Crippen molar-refractivity contribution in [2.45, 2.75) is 32.7 Å². The fourth-order valence-corrected chi connectivity index (χ4v) is 3.64. The Morgan fingerprint density at radius 1 is 1.08 bits per heavy atom. The van der Waals surface area contributed by atoms with E-state index >= 15 is 0 Å². The third-order valence-corrected chi connectivity index (χ3v) is 4.88. The molecule has 0 spiro atoms. The second-order valence-electron chi connectivity index (χ2n) is 6.39. The number of anilines is 1. The summed E-state index contributed by atoms with van der Waals surface area (Å²) >= 11 is 0. The zero-order chi connectivity index (χ0) is 17.4. The molecule has 0 N–H and O–H groups in total. The maximum atomic E-state index is 4.75. The molecule has 1 aliphatic heterocycles. The normalized spacial score (nSPS) is 17.2. The summed E-state index contributed by atoms with van der Waals surface area (Å²) in [5, 5.41) is 4.58. The molecular formula is C18H21N7. The van der Waals surface area contributed by atoms with E-state index in [0.717, 1.165) is 42.4 Å². The van der Waals surface area contributed by atoms with Crippen LogP contribution in [0.5, 0.6) is 0 Å². The van der Waals surface area contributed by atoms with E-state index in [1.807, 2.05) is 17.8 Å². The molecule has 7 heteroatoms. The predicted octanol–water partition coefficient (Wildman–Crippen LogP) is 2.63. The van der Waals surface area contributed by atoms with Crippen LogP contribution in [0.4, 0.5) is 5.95 Å². The van der Waals surface area contributed by atoms with Gasteiger partial charge in [-0.1, -0.05) is 0 Å². The van der Waals surface area contributed by atoms with Crippen molar-refractivity contribution < 1.29 is 0 Å². The second-order valence-corrected chi connectivity index (χ2v) is 6.39. The van der Waals surface area contributed by atoms with Crippen LogP contribution in [0, 0.1) is 13.8 Å². The Morgan fingerprint density at radius 3 is 2.68 bits per heavy atom. The molecule has 0 aliphatic carbocycles. The molecule has 1 fully saturated rings. The number of hydrogen-bond donors (Lipinski definition) is 0. The average molecular weight is 335 g/mol. The highest BCUT2D eigenvalue weighted by Gasteiger charge is 2.32.